The van der Waals surface area contributed by atoms with Crippen LogP contribution in [0.2, 0.25) is 5.02 Å². The molecule has 186 valence electrons. The van der Waals surface area contributed by atoms with Crippen LogP contribution in [0.3, 0.4) is 0 Å². The lowest BCUT2D eigenvalue weighted by Crippen LogP contribution is -2.30. The second-order valence-corrected chi connectivity index (χ2v) is 11.9. The zero-order valence-corrected chi connectivity index (χ0v) is 21.9. The van der Waals surface area contributed by atoms with Crippen molar-refractivity contribution < 1.29 is 21.6 Å². The van der Waals surface area contributed by atoms with E-state index in [2.05, 4.69) is 5.32 Å². The highest BCUT2D eigenvalue weighted by atomic mass is 35.5. The van der Waals surface area contributed by atoms with Crippen LogP contribution in [0.15, 0.2) is 82.6 Å². The maximum Gasteiger partial charge on any atom is 0.264 e. The summed E-state index contributed by atoms with van der Waals surface area (Å²) in [6.45, 7) is 4.27. The van der Waals surface area contributed by atoms with Gasteiger partial charge in [-0.3, -0.25) is 9.10 Å². The molecule has 0 heterocycles. The molecule has 0 aliphatic heterocycles. The number of hydrogen-bond acceptors (Lipinski definition) is 5. The molecule has 1 amide bonds. The highest BCUT2D eigenvalue weighted by Crippen LogP contribution is 2.24. The highest BCUT2D eigenvalue weighted by molar-refractivity contribution is 7.92. The minimum atomic E-state index is -3.80. The SMILES string of the molecule is CCN(CC)S(=O)(=O)c1ccc(NC(=O)c2ccc(N(C)S(=O)(=O)c3ccc(Cl)cc3)cc2)cc1. The molecule has 0 aliphatic carbocycles. The minimum Gasteiger partial charge on any atom is -0.322 e. The van der Waals surface area contributed by atoms with Crippen LogP contribution in [0.5, 0.6) is 0 Å². The van der Waals surface area contributed by atoms with E-state index >= 15 is 0 Å². The van der Waals surface area contributed by atoms with Gasteiger partial charge < -0.3 is 5.32 Å². The molecule has 3 rings (SSSR count). The number of carbonyl (C=O) groups is 1. The van der Waals surface area contributed by atoms with Gasteiger partial charge in [-0.25, -0.2) is 16.8 Å². The summed E-state index contributed by atoms with van der Waals surface area (Å²) in [6, 6.07) is 17.9. The van der Waals surface area contributed by atoms with E-state index < -0.39 is 26.0 Å². The molecule has 0 bridgehead atoms. The van der Waals surface area contributed by atoms with E-state index in [-0.39, 0.29) is 9.79 Å². The van der Waals surface area contributed by atoms with Gasteiger partial charge in [-0.15, -0.1) is 0 Å². The van der Waals surface area contributed by atoms with E-state index in [1.165, 1.54) is 84.1 Å². The van der Waals surface area contributed by atoms with E-state index in [4.69, 9.17) is 11.6 Å². The van der Waals surface area contributed by atoms with Gasteiger partial charge in [0.25, 0.3) is 15.9 Å². The molecule has 0 aromatic heterocycles. The van der Waals surface area contributed by atoms with Crippen molar-refractivity contribution in [3.8, 4) is 0 Å². The van der Waals surface area contributed by atoms with Crippen LogP contribution < -0.4 is 9.62 Å². The third kappa shape index (κ3) is 5.84. The van der Waals surface area contributed by atoms with Crippen molar-refractivity contribution >= 4 is 48.9 Å². The lowest BCUT2D eigenvalue weighted by molar-refractivity contribution is 0.102. The number of nitrogens with one attached hydrogen (secondary N) is 1. The zero-order valence-electron chi connectivity index (χ0n) is 19.5. The molecule has 35 heavy (non-hydrogen) atoms. The summed E-state index contributed by atoms with van der Waals surface area (Å²) >= 11 is 5.84. The summed E-state index contributed by atoms with van der Waals surface area (Å²) in [6.07, 6.45) is 0. The number of nitrogens with zero attached hydrogens (tertiary/aromatic N) is 2. The summed E-state index contributed by atoms with van der Waals surface area (Å²) in [5.74, 6) is -0.417. The number of halogens is 1. The van der Waals surface area contributed by atoms with Gasteiger partial charge in [0.05, 0.1) is 15.5 Å². The molecule has 0 spiro atoms. The van der Waals surface area contributed by atoms with Crippen LogP contribution in [0, 0.1) is 0 Å². The summed E-state index contributed by atoms with van der Waals surface area (Å²) in [5, 5.41) is 3.14. The Morgan fingerprint density at radius 3 is 1.77 bits per heavy atom. The van der Waals surface area contributed by atoms with E-state index in [1.54, 1.807) is 13.8 Å². The molecule has 1 N–H and O–H groups in total. The van der Waals surface area contributed by atoms with Crippen molar-refractivity contribution in [3.05, 3.63) is 83.4 Å². The van der Waals surface area contributed by atoms with Crippen molar-refractivity contribution in [3.63, 3.8) is 0 Å². The Balaban J connectivity index is 1.72. The minimum absolute atomic E-state index is 0.0951. The number of amides is 1. The van der Waals surface area contributed by atoms with Crippen molar-refractivity contribution in [1.29, 1.82) is 0 Å². The Kier molecular flexibility index (Phi) is 8.22. The number of benzene rings is 3. The third-order valence-electron chi connectivity index (χ3n) is 5.42. The van der Waals surface area contributed by atoms with Crippen LogP contribution >= 0.6 is 11.6 Å². The maximum absolute atomic E-state index is 12.8. The number of rotatable bonds is 9. The van der Waals surface area contributed by atoms with Gasteiger partial charge in [0, 0.05) is 36.4 Å². The van der Waals surface area contributed by atoms with E-state index in [0.717, 1.165) is 4.31 Å². The van der Waals surface area contributed by atoms with Gasteiger partial charge in [-0.05, 0) is 72.8 Å². The van der Waals surface area contributed by atoms with Crippen LogP contribution in [-0.2, 0) is 20.0 Å². The first-order chi connectivity index (χ1) is 16.5. The van der Waals surface area contributed by atoms with Gasteiger partial charge in [-0.1, -0.05) is 25.4 Å². The quantitative estimate of drug-likeness (QED) is 0.436. The summed E-state index contributed by atoms with van der Waals surface area (Å²) in [5.41, 5.74) is 1.12. The molecule has 3 aromatic rings. The first-order valence-corrected chi connectivity index (χ1v) is 14.0. The van der Waals surface area contributed by atoms with Gasteiger partial charge in [0.2, 0.25) is 10.0 Å². The fourth-order valence-corrected chi connectivity index (χ4v) is 6.13. The Morgan fingerprint density at radius 2 is 1.26 bits per heavy atom. The molecular formula is C24H26ClN3O5S2. The fraction of sp³-hybridized carbons (Fsp3) is 0.208. The van der Waals surface area contributed by atoms with Crippen LogP contribution in [-0.4, -0.2) is 47.2 Å². The molecule has 0 fully saturated rings. The van der Waals surface area contributed by atoms with Crippen LogP contribution in [0.1, 0.15) is 24.2 Å². The van der Waals surface area contributed by atoms with Crippen molar-refractivity contribution in [2.75, 3.05) is 29.8 Å². The molecule has 0 saturated heterocycles. The van der Waals surface area contributed by atoms with Gasteiger partial charge in [0.1, 0.15) is 0 Å². The maximum atomic E-state index is 12.8. The van der Waals surface area contributed by atoms with E-state index in [9.17, 15) is 21.6 Å². The largest absolute Gasteiger partial charge is 0.322 e. The Bertz CT molecular complexity index is 1390. The van der Waals surface area contributed by atoms with E-state index in [0.29, 0.717) is 35.1 Å². The zero-order chi connectivity index (χ0) is 25.8. The lowest BCUT2D eigenvalue weighted by atomic mass is 10.2. The molecule has 11 heteroatoms. The lowest BCUT2D eigenvalue weighted by Gasteiger charge is -2.20. The predicted molar refractivity (Wildman–Crippen MR) is 138 cm³/mol. The average molecular weight is 536 g/mol. The van der Waals surface area contributed by atoms with E-state index in [1.807, 2.05) is 0 Å². The standard InChI is InChI=1S/C24H26ClN3O5S2/c1-4-28(5-2)35(32,33)23-16-10-20(11-17-23)26-24(29)18-6-12-21(13-7-18)27(3)34(30,31)22-14-8-19(25)9-15-22/h6-17H,4-5H2,1-3H3,(H,26,29). The molecule has 0 aliphatic rings. The molecule has 0 atom stereocenters. The second kappa shape index (κ2) is 10.8. The Labute approximate surface area is 211 Å². The smallest absolute Gasteiger partial charge is 0.264 e. The summed E-state index contributed by atoms with van der Waals surface area (Å²) in [4.78, 5) is 12.9. The first kappa shape index (κ1) is 26.7. The molecule has 3 aromatic carbocycles. The summed E-state index contributed by atoms with van der Waals surface area (Å²) in [7, 11) is -5.96. The fourth-order valence-electron chi connectivity index (χ4n) is 3.35. The number of carbonyl (C=O) groups excluding carboxylic acids is 1. The number of hydrogen-bond donors (Lipinski definition) is 1. The van der Waals surface area contributed by atoms with Gasteiger partial charge in [0.15, 0.2) is 0 Å². The molecule has 0 saturated carbocycles. The Morgan fingerprint density at radius 1 is 0.771 bits per heavy atom. The molecular weight excluding hydrogens is 510 g/mol. The van der Waals surface area contributed by atoms with Gasteiger partial charge in [-0.2, -0.15) is 4.31 Å². The molecule has 0 unspecified atom stereocenters. The normalized spacial score (nSPS) is 11.9. The van der Waals surface area contributed by atoms with Crippen molar-refractivity contribution in [2.24, 2.45) is 0 Å². The Hall–Kier alpha value is -2.92. The highest BCUT2D eigenvalue weighted by Gasteiger charge is 2.22. The monoisotopic (exact) mass is 535 g/mol. The summed E-state index contributed by atoms with van der Waals surface area (Å²) < 4.78 is 53.3. The average Bonchev–Trinajstić information content (AvgIpc) is 2.85. The van der Waals surface area contributed by atoms with Crippen LogP contribution in [0.4, 0.5) is 11.4 Å². The van der Waals surface area contributed by atoms with Crippen molar-refractivity contribution in [2.45, 2.75) is 23.6 Å². The number of anilines is 2. The second-order valence-electron chi connectivity index (χ2n) is 7.54. The van der Waals surface area contributed by atoms with Crippen LogP contribution in [0.25, 0.3) is 0 Å². The van der Waals surface area contributed by atoms with Crippen molar-refractivity contribution in [1.82, 2.24) is 4.31 Å². The van der Waals surface area contributed by atoms with Gasteiger partial charge >= 0.3 is 0 Å². The first-order valence-electron chi connectivity index (χ1n) is 10.8. The predicted octanol–water partition coefficient (Wildman–Crippen LogP) is 4.45. The number of sulfonamides is 2. The molecule has 8 nitrogen and oxygen atoms in total. The topological polar surface area (TPSA) is 104 Å². The molecule has 0 radical (unpaired) electrons. The third-order valence-corrected chi connectivity index (χ3v) is 9.54.